The first-order chi connectivity index (χ1) is 20.8. The van der Waals surface area contributed by atoms with Gasteiger partial charge in [-0.2, -0.15) is 18.4 Å². The molecule has 9 nitrogen and oxygen atoms in total. The molecule has 3 aliphatic rings. The molecule has 0 spiro atoms. The standard InChI is InChI=1S/C31H34F3N3O6S/c1-17-6-10-22(11-7-17)43-25-15-24(26(42-2)13-20(25)16-35)29(38)37-28-19-9-8-18(12-19)27(28)30(39)36-21-4-3-5-23(14-21)44(40,41)31(32,33)34/h3-5,13-15,17-19,22,27-28H,6-12H2,1-2H3,(H,36,39)(H,37,38)/t17-,18-,19+,22+,27+,28-/m1/s1. The maximum Gasteiger partial charge on any atom is 0.501 e. The number of halogens is 3. The summed E-state index contributed by atoms with van der Waals surface area (Å²) in [4.78, 5) is 26.2. The Hall–Kier alpha value is -3.79. The molecule has 5 rings (SSSR count). The summed E-state index contributed by atoms with van der Waals surface area (Å²) in [6, 6.07) is 8.52. The number of rotatable bonds is 8. The Morgan fingerprint density at radius 2 is 1.70 bits per heavy atom. The van der Waals surface area contributed by atoms with E-state index >= 15 is 0 Å². The van der Waals surface area contributed by atoms with Crippen LogP contribution in [0.5, 0.6) is 11.5 Å². The minimum absolute atomic E-state index is 0.000895. The van der Waals surface area contributed by atoms with Gasteiger partial charge in [-0.15, -0.1) is 0 Å². The number of nitrogens with zero attached hydrogens (tertiary/aromatic N) is 1. The van der Waals surface area contributed by atoms with Crippen molar-refractivity contribution >= 4 is 27.3 Å². The van der Waals surface area contributed by atoms with Gasteiger partial charge >= 0.3 is 5.51 Å². The zero-order valence-electron chi connectivity index (χ0n) is 24.3. The van der Waals surface area contributed by atoms with Crippen LogP contribution in [0.4, 0.5) is 18.9 Å². The summed E-state index contributed by atoms with van der Waals surface area (Å²) in [5.74, 6) is -0.724. The Morgan fingerprint density at radius 3 is 2.36 bits per heavy atom. The van der Waals surface area contributed by atoms with Crippen LogP contribution < -0.4 is 20.1 Å². The predicted molar refractivity (Wildman–Crippen MR) is 154 cm³/mol. The molecular weight excluding hydrogens is 599 g/mol. The van der Waals surface area contributed by atoms with E-state index in [0.717, 1.165) is 56.7 Å². The average Bonchev–Trinajstić information content (AvgIpc) is 3.60. The van der Waals surface area contributed by atoms with Gasteiger partial charge in [-0.25, -0.2) is 8.42 Å². The molecule has 0 aromatic heterocycles. The zero-order chi connectivity index (χ0) is 31.8. The van der Waals surface area contributed by atoms with E-state index in [2.05, 4.69) is 23.6 Å². The third-order valence-electron chi connectivity index (χ3n) is 9.16. The number of methoxy groups -OCH3 is 1. The van der Waals surface area contributed by atoms with Crippen LogP contribution in [-0.4, -0.2) is 45.0 Å². The molecule has 3 fully saturated rings. The molecule has 2 aromatic carbocycles. The molecule has 2 aromatic rings. The maximum absolute atomic E-state index is 13.7. The number of benzene rings is 2. The van der Waals surface area contributed by atoms with E-state index < -0.39 is 44.0 Å². The predicted octanol–water partition coefficient (Wildman–Crippen LogP) is 5.60. The van der Waals surface area contributed by atoms with E-state index in [9.17, 15) is 36.4 Å². The molecular formula is C31H34F3N3O6S. The van der Waals surface area contributed by atoms with Gasteiger partial charge in [0.2, 0.25) is 5.91 Å². The quantitative estimate of drug-likeness (QED) is 0.386. The SMILES string of the molecule is COc1cc(C#N)c(O[C@H]2CC[C@@H](C)CC2)cc1C(=O)N[C@@H]1[C@H]2CC[C@H](C2)[C@@H]1C(=O)Nc1cccc(S(=O)(=O)C(F)(F)F)c1. The van der Waals surface area contributed by atoms with Crippen molar-refractivity contribution in [1.29, 1.82) is 5.26 Å². The van der Waals surface area contributed by atoms with E-state index in [1.165, 1.54) is 25.3 Å². The van der Waals surface area contributed by atoms with Crippen LogP contribution in [0.2, 0.25) is 0 Å². The Kier molecular flexibility index (Phi) is 8.84. The number of carbonyl (C=O) groups excluding carboxylic acids is 2. The van der Waals surface area contributed by atoms with Gasteiger partial charge in [-0.1, -0.05) is 13.0 Å². The molecule has 13 heteroatoms. The second-order valence-electron chi connectivity index (χ2n) is 12.0. The van der Waals surface area contributed by atoms with Gasteiger partial charge in [-0.3, -0.25) is 9.59 Å². The molecule has 3 aliphatic carbocycles. The number of anilines is 1. The van der Waals surface area contributed by atoms with Crippen molar-refractivity contribution in [3.05, 3.63) is 47.5 Å². The van der Waals surface area contributed by atoms with Gasteiger partial charge in [0.05, 0.1) is 35.2 Å². The van der Waals surface area contributed by atoms with Crippen molar-refractivity contribution in [3.8, 4) is 17.6 Å². The fourth-order valence-electron chi connectivity index (χ4n) is 6.82. The number of amides is 2. The Morgan fingerprint density at radius 1 is 1.00 bits per heavy atom. The van der Waals surface area contributed by atoms with Crippen molar-refractivity contribution in [2.24, 2.45) is 23.7 Å². The number of hydrogen-bond acceptors (Lipinski definition) is 7. The van der Waals surface area contributed by atoms with Gasteiger partial charge < -0.3 is 20.1 Å². The lowest BCUT2D eigenvalue weighted by molar-refractivity contribution is -0.122. The Labute approximate surface area is 254 Å². The highest BCUT2D eigenvalue weighted by Crippen LogP contribution is 2.49. The minimum Gasteiger partial charge on any atom is -0.496 e. The summed E-state index contributed by atoms with van der Waals surface area (Å²) >= 11 is 0. The summed E-state index contributed by atoms with van der Waals surface area (Å²) in [7, 11) is -4.21. The van der Waals surface area contributed by atoms with Crippen molar-refractivity contribution < 1.29 is 40.7 Å². The van der Waals surface area contributed by atoms with Crippen LogP contribution in [0, 0.1) is 35.0 Å². The molecule has 0 unspecified atom stereocenters. The largest absolute Gasteiger partial charge is 0.501 e. The summed E-state index contributed by atoms with van der Waals surface area (Å²) in [6.45, 7) is 2.19. The molecule has 2 bridgehead atoms. The minimum atomic E-state index is -5.60. The highest BCUT2D eigenvalue weighted by molar-refractivity contribution is 7.92. The van der Waals surface area contributed by atoms with E-state index in [1.807, 2.05) is 0 Å². The molecule has 0 aliphatic heterocycles. The van der Waals surface area contributed by atoms with Crippen LogP contribution in [0.1, 0.15) is 67.8 Å². The van der Waals surface area contributed by atoms with E-state index in [1.54, 1.807) is 0 Å². The second-order valence-corrected chi connectivity index (χ2v) is 13.9. The van der Waals surface area contributed by atoms with E-state index in [-0.39, 0.29) is 46.3 Å². The van der Waals surface area contributed by atoms with Crippen molar-refractivity contribution in [2.45, 2.75) is 74.4 Å². The maximum atomic E-state index is 13.7. The van der Waals surface area contributed by atoms with Crippen LogP contribution >= 0.6 is 0 Å². The number of hydrogen-bond donors (Lipinski definition) is 2. The lowest BCUT2D eigenvalue weighted by Gasteiger charge is -2.31. The normalized spacial score (nSPS) is 26.5. The summed E-state index contributed by atoms with van der Waals surface area (Å²) in [5, 5.41) is 15.3. The lowest BCUT2D eigenvalue weighted by Crippen LogP contribution is -2.48. The molecule has 3 saturated carbocycles. The number of nitrogens with one attached hydrogen (secondary N) is 2. The van der Waals surface area contributed by atoms with E-state index in [4.69, 9.17) is 9.47 Å². The summed E-state index contributed by atoms with van der Waals surface area (Å²) in [5.41, 5.74) is -5.19. The number of carbonyl (C=O) groups is 2. The fraction of sp³-hybridized carbons (Fsp3) is 0.516. The first-order valence-corrected chi connectivity index (χ1v) is 16.1. The van der Waals surface area contributed by atoms with Crippen molar-refractivity contribution in [1.82, 2.24) is 5.32 Å². The summed E-state index contributed by atoms with van der Waals surface area (Å²) < 4.78 is 74.6. The highest BCUT2D eigenvalue weighted by atomic mass is 32.2. The van der Waals surface area contributed by atoms with Gasteiger partial charge in [0, 0.05) is 17.8 Å². The van der Waals surface area contributed by atoms with Crippen LogP contribution in [0.25, 0.3) is 0 Å². The zero-order valence-corrected chi connectivity index (χ0v) is 25.1. The van der Waals surface area contributed by atoms with Crippen molar-refractivity contribution in [3.63, 3.8) is 0 Å². The second kappa shape index (κ2) is 12.3. The number of ether oxygens (including phenoxy) is 2. The first kappa shape index (κ1) is 31.6. The van der Waals surface area contributed by atoms with Crippen LogP contribution in [0.15, 0.2) is 41.3 Å². The summed E-state index contributed by atoms with van der Waals surface area (Å²) in [6.07, 6.45) is 5.83. The lowest BCUT2D eigenvalue weighted by atomic mass is 9.83. The topological polar surface area (TPSA) is 135 Å². The number of alkyl halides is 3. The number of nitriles is 1. The molecule has 0 saturated heterocycles. The average molecular weight is 634 g/mol. The highest BCUT2D eigenvalue weighted by Gasteiger charge is 2.52. The molecule has 44 heavy (non-hydrogen) atoms. The fourth-order valence-corrected chi connectivity index (χ4v) is 7.63. The van der Waals surface area contributed by atoms with Crippen molar-refractivity contribution in [2.75, 3.05) is 12.4 Å². The molecule has 2 amide bonds. The number of fused-ring (bicyclic) bond motifs is 2. The third kappa shape index (κ3) is 6.22. The third-order valence-corrected chi connectivity index (χ3v) is 10.6. The smallest absolute Gasteiger partial charge is 0.496 e. The molecule has 4 atom stereocenters. The van der Waals surface area contributed by atoms with Crippen LogP contribution in [-0.2, 0) is 14.6 Å². The van der Waals surface area contributed by atoms with E-state index in [0.29, 0.717) is 12.3 Å². The van der Waals surface area contributed by atoms with Crippen LogP contribution in [0.3, 0.4) is 0 Å². The Bertz CT molecular complexity index is 1580. The van der Waals surface area contributed by atoms with Gasteiger partial charge in [-0.05, 0) is 87.0 Å². The van der Waals surface area contributed by atoms with Gasteiger partial charge in [0.1, 0.15) is 17.6 Å². The molecule has 0 radical (unpaired) electrons. The first-order valence-electron chi connectivity index (χ1n) is 14.6. The Balaban J connectivity index is 1.36. The number of sulfone groups is 1. The molecule has 2 N–H and O–H groups in total. The van der Waals surface area contributed by atoms with Gasteiger partial charge in [0.25, 0.3) is 15.7 Å². The molecule has 0 heterocycles. The molecule has 236 valence electrons. The monoisotopic (exact) mass is 633 g/mol. The van der Waals surface area contributed by atoms with Gasteiger partial charge in [0.15, 0.2) is 0 Å².